The van der Waals surface area contributed by atoms with Crippen LogP contribution in [-0.4, -0.2) is 6.29 Å². The molecule has 110 valence electrons. The van der Waals surface area contributed by atoms with Gasteiger partial charge in [-0.2, -0.15) is 0 Å². The summed E-state index contributed by atoms with van der Waals surface area (Å²) >= 11 is 5.85. The fourth-order valence-electron chi connectivity index (χ4n) is 1.81. The van der Waals surface area contributed by atoms with Crippen LogP contribution in [-0.2, 0) is 4.79 Å². The van der Waals surface area contributed by atoms with Crippen molar-refractivity contribution < 1.29 is 4.79 Å². The highest BCUT2D eigenvalue weighted by molar-refractivity contribution is 6.30. The number of benzene rings is 1. The molecule has 0 amide bonds. The minimum atomic E-state index is 0.484. The van der Waals surface area contributed by atoms with Crippen LogP contribution in [0.1, 0.15) is 25.3 Å². The van der Waals surface area contributed by atoms with Crippen LogP contribution in [0.3, 0.4) is 0 Å². The summed E-state index contributed by atoms with van der Waals surface area (Å²) in [6.07, 6.45) is 9.89. The Morgan fingerprint density at radius 3 is 2.52 bits per heavy atom. The number of halogens is 1. The zero-order valence-corrected chi connectivity index (χ0v) is 12.9. The lowest BCUT2D eigenvalue weighted by molar-refractivity contribution is -0.104. The molecule has 1 aromatic rings. The highest BCUT2D eigenvalue weighted by atomic mass is 35.5. The topological polar surface area (TPSA) is 43.1 Å². The number of carbonyl (C=O) groups excluding carboxylic acids is 1. The molecule has 0 aliphatic carbocycles. The van der Waals surface area contributed by atoms with Crippen LogP contribution in [0.15, 0.2) is 66.3 Å². The number of nitrogens with two attached hydrogens (primary N) is 1. The monoisotopic (exact) mass is 301 g/mol. The van der Waals surface area contributed by atoms with E-state index in [0.29, 0.717) is 22.7 Å². The molecule has 0 heterocycles. The number of hydrogen-bond acceptors (Lipinski definition) is 2. The van der Waals surface area contributed by atoms with Crippen molar-refractivity contribution in [2.24, 2.45) is 5.73 Å². The fraction of sp³-hybridized carbons (Fsp3) is 0.167. The molecule has 3 heteroatoms. The molecule has 0 fully saturated rings. The van der Waals surface area contributed by atoms with Gasteiger partial charge in [-0.05, 0) is 36.6 Å². The Balaban J connectivity index is 2.99. The van der Waals surface area contributed by atoms with Crippen LogP contribution in [0.5, 0.6) is 0 Å². The summed E-state index contributed by atoms with van der Waals surface area (Å²) in [6.45, 7) is 5.61. The third-order valence-electron chi connectivity index (χ3n) is 3.04. The Morgan fingerprint density at radius 2 is 2.00 bits per heavy atom. The number of rotatable bonds is 7. The number of allylic oxidation sites excluding steroid dienone is 6. The van der Waals surface area contributed by atoms with Gasteiger partial charge in [0.05, 0.1) is 0 Å². The Labute approximate surface area is 131 Å². The maximum Gasteiger partial charge on any atom is 0.148 e. The van der Waals surface area contributed by atoms with Crippen molar-refractivity contribution in [1.82, 2.24) is 0 Å². The first-order chi connectivity index (χ1) is 10.1. The number of hydrogen-bond donors (Lipinski definition) is 1. The first-order valence-electron chi connectivity index (χ1n) is 6.74. The van der Waals surface area contributed by atoms with Crippen LogP contribution < -0.4 is 5.73 Å². The van der Waals surface area contributed by atoms with E-state index in [1.807, 2.05) is 43.4 Å². The predicted octanol–water partition coefficient (Wildman–Crippen LogP) is 4.68. The molecule has 2 N–H and O–H groups in total. The predicted molar refractivity (Wildman–Crippen MR) is 91.0 cm³/mol. The number of carbonyl (C=O) groups is 1. The molecule has 0 radical (unpaired) electrons. The zero-order chi connectivity index (χ0) is 15.7. The van der Waals surface area contributed by atoms with Crippen molar-refractivity contribution in [3.63, 3.8) is 0 Å². The minimum absolute atomic E-state index is 0.484. The van der Waals surface area contributed by atoms with Gasteiger partial charge in [0.25, 0.3) is 0 Å². The molecule has 0 spiro atoms. The van der Waals surface area contributed by atoms with Crippen molar-refractivity contribution >= 4 is 23.6 Å². The van der Waals surface area contributed by atoms with E-state index in [1.54, 1.807) is 12.1 Å². The van der Waals surface area contributed by atoms with Crippen molar-refractivity contribution in [1.29, 1.82) is 0 Å². The molecular formula is C18H20ClNO. The molecule has 0 unspecified atom stereocenters. The lowest BCUT2D eigenvalue weighted by Gasteiger charge is -2.08. The summed E-state index contributed by atoms with van der Waals surface area (Å²) in [7, 11) is 0. The highest BCUT2D eigenvalue weighted by Gasteiger charge is 2.07. The average Bonchev–Trinajstić information content (AvgIpc) is 2.51. The maximum absolute atomic E-state index is 11.3. The third-order valence-corrected chi connectivity index (χ3v) is 3.30. The molecule has 0 atom stereocenters. The van der Waals surface area contributed by atoms with Gasteiger partial charge in [-0.3, -0.25) is 4.79 Å². The fourth-order valence-corrected chi connectivity index (χ4v) is 1.93. The first kappa shape index (κ1) is 17.0. The van der Waals surface area contributed by atoms with E-state index in [1.165, 1.54) is 0 Å². The van der Waals surface area contributed by atoms with Gasteiger partial charge < -0.3 is 5.73 Å². The standard InChI is InChI=1S/C18H20ClNO/c1-3-5-6-7-14(4-2)12-16(13-21)18(20)15-8-10-17(19)11-9-15/h3-4,6-11,13H,1,5,12,20H2,2H3/b7-6-,14-4+,18-16-. The molecule has 1 rings (SSSR count). The van der Waals surface area contributed by atoms with Gasteiger partial charge in [-0.25, -0.2) is 0 Å². The van der Waals surface area contributed by atoms with Crippen molar-refractivity contribution in [3.8, 4) is 0 Å². The first-order valence-corrected chi connectivity index (χ1v) is 7.12. The molecule has 2 nitrogen and oxygen atoms in total. The van der Waals surface area contributed by atoms with Gasteiger partial charge in [0.1, 0.15) is 6.29 Å². The van der Waals surface area contributed by atoms with Crippen LogP contribution in [0.2, 0.25) is 5.02 Å². The lowest BCUT2D eigenvalue weighted by Crippen LogP contribution is -2.03. The summed E-state index contributed by atoms with van der Waals surface area (Å²) in [5.74, 6) is 0. The quantitative estimate of drug-likeness (QED) is 0.344. The summed E-state index contributed by atoms with van der Waals surface area (Å²) in [5, 5.41) is 0.640. The Kier molecular flexibility index (Phi) is 7.27. The van der Waals surface area contributed by atoms with Gasteiger partial charge in [0.2, 0.25) is 0 Å². The van der Waals surface area contributed by atoms with E-state index in [0.717, 1.165) is 23.8 Å². The number of aldehydes is 1. The molecular weight excluding hydrogens is 282 g/mol. The largest absolute Gasteiger partial charge is 0.398 e. The van der Waals surface area contributed by atoms with Gasteiger partial charge in [0.15, 0.2) is 0 Å². The molecule has 0 aliphatic heterocycles. The second-order valence-corrected chi connectivity index (χ2v) is 4.97. The second-order valence-electron chi connectivity index (χ2n) is 4.53. The molecule has 0 aromatic heterocycles. The van der Waals surface area contributed by atoms with Gasteiger partial charge >= 0.3 is 0 Å². The van der Waals surface area contributed by atoms with Crippen LogP contribution in [0.25, 0.3) is 5.70 Å². The van der Waals surface area contributed by atoms with E-state index in [-0.39, 0.29) is 0 Å². The average molecular weight is 302 g/mol. The molecule has 0 bridgehead atoms. The van der Waals surface area contributed by atoms with E-state index in [4.69, 9.17) is 17.3 Å². The van der Waals surface area contributed by atoms with Gasteiger partial charge in [-0.15, -0.1) is 6.58 Å². The van der Waals surface area contributed by atoms with E-state index < -0.39 is 0 Å². The lowest BCUT2D eigenvalue weighted by atomic mass is 10.00. The molecule has 21 heavy (non-hydrogen) atoms. The van der Waals surface area contributed by atoms with E-state index in [9.17, 15) is 4.79 Å². The van der Waals surface area contributed by atoms with E-state index >= 15 is 0 Å². The van der Waals surface area contributed by atoms with Gasteiger partial charge in [-0.1, -0.05) is 48.0 Å². The van der Waals surface area contributed by atoms with Crippen LogP contribution in [0, 0.1) is 0 Å². The maximum atomic E-state index is 11.3. The van der Waals surface area contributed by atoms with Crippen molar-refractivity contribution in [2.45, 2.75) is 19.8 Å². The van der Waals surface area contributed by atoms with Crippen LogP contribution in [0.4, 0.5) is 0 Å². The van der Waals surface area contributed by atoms with Crippen molar-refractivity contribution in [2.75, 3.05) is 0 Å². The molecule has 0 saturated heterocycles. The third kappa shape index (κ3) is 5.44. The molecule has 0 saturated carbocycles. The summed E-state index contributed by atoms with van der Waals surface area (Å²) in [4.78, 5) is 11.3. The summed E-state index contributed by atoms with van der Waals surface area (Å²) < 4.78 is 0. The Hall–Kier alpha value is -2.06. The Bertz CT molecular complexity index is 580. The van der Waals surface area contributed by atoms with Crippen molar-refractivity contribution in [3.05, 3.63) is 76.9 Å². The molecule has 1 aromatic carbocycles. The summed E-state index contributed by atoms with van der Waals surface area (Å²) in [5.41, 5.74) is 8.98. The highest BCUT2D eigenvalue weighted by Crippen LogP contribution is 2.20. The smallest absolute Gasteiger partial charge is 0.148 e. The van der Waals surface area contributed by atoms with Crippen LogP contribution >= 0.6 is 11.6 Å². The normalized spacial score (nSPS) is 13.1. The molecule has 0 aliphatic rings. The summed E-state index contributed by atoms with van der Waals surface area (Å²) in [6, 6.07) is 7.13. The van der Waals surface area contributed by atoms with Gasteiger partial charge in [0, 0.05) is 22.7 Å². The Morgan fingerprint density at radius 1 is 1.33 bits per heavy atom. The second kappa shape index (κ2) is 8.98. The minimum Gasteiger partial charge on any atom is -0.398 e. The SMILES string of the molecule is C=CC/C=C\C(=C/C)C/C(C=O)=C(/N)c1ccc(Cl)cc1. The van der Waals surface area contributed by atoms with E-state index in [2.05, 4.69) is 6.58 Å². The zero-order valence-electron chi connectivity index (χ0n) is 12.2.